The summed E-state index contributed by atoms with van der Waals surface area (Å²) in [6.07, 6.45) is 3.15. The summed E-state index contributed by atoms with van der Waals surface area (Å²) in [5.41, 5.74) is 1.82. The largest absolute Gasteiger partial charge is 0.356 e. The lowest BCUT2D eigenvalue weighted by Crippen LogP contribution is -2.37. The van der Waals surface area contributed by atoms with E-state index in [1.165, 1.54) is 0 Å². The molecule has 0 unspecified atom stereocenters. The van der Waals surface area contributed by atoms with Crippen molar-refractivity contribution < 1.29 is 4.79 Å². The highest BCUT2D eigenvalue weighted by Crippen LogP contribution is 2.04. The molecule has 0 atom stereocenters. The summed E-state index contributed by atoms with van der Waals surface area (Å²) in [6, 6.07) is 7.66. The van der Waals surface area contributed by atoms with Gasteiger partial charge in [0.15, 0.2) is 5.96 Å². The molecule has 0 aliphatic rings. The van der Waals surface area contributed by atoms with Crippen LogP contribution >= 0.6 is 0 Å². The van der Waals surface area contributed by atoms with Gasteiger partial charge in [0.25, 0.3) is 5.91 Å². The molecule has 1 aromatic carbocycles. The van der Waals surface area contributed by atoms with Crippen LogP contribution in [-0.4, -0.2) is 32.0 Å². The van der Waals surface area contributed by atoms with Crippen LogP contribution in [0.3, 0.4) is 0 Å². The predicted octanol–water partition coefficient (Wildman–Crippen LogP) is 2.29. The van der Waals surface area contributed by atoms with E-state index in [1.807, 2.05) is 24.3 Å². The SMILES string of the molecule is CCCCNC(=O)c1ccc(CNC(=NC)NCCC)cc1. The van der Waals surface area contributed by atoms with Gasteiger partial charge < -0.3 is 16.0 Å². The lowest BCUT2D eigenvalue weighted by molar-refractivity contribution is 0.0953. The van der Waals surface area contributed by atoms with Crippen molar-refractivity contribution in [2.24, 2.45) is 4.99 Å². The number of unbranched alkanes of at least 4 members (excludes halogenated alkanes) is 1. The molecule has 5 heteroatoms. The van der Waals surface area contributed by atoms with Crippen LogP contribution in [0.15, 0.2) is 29.3 Å². The number of guanidine groups is 1. The van der Waals surface area contributed by atoms with Gasteiger partial charge in [-0.3, -0.25) is 9.79 Å². The summed E-state index contributed by atoms with van der Waals surface area (Å²) in [5, 5.41) is 9.39. The van der Waals surface area contributed by atoms with E-state index in [2.05, 4.69) is 34.8 Å². The average molecular weight is 304 g/mol. The number of hydrogen-bond acceptors (Lipinski definition) is 2. The number of amides is 1. The Morgan fingerprint density at radius 3 is 2.32 bits per heavy atom. The Morgan fingerprint density at radius 1 is 1.00 bits per heavy atom. The lowest BCUT2D eigenvalue weighted by Gasteiger charge is -2.11. The van der Waals surface area contributed by atoms with Gasteiger partial charge in [0.05, 0.1) is 0 Å². The second-order valence-corrected chi connectivity index (χ2v) is 5.16. The predicted molar refractivity (Wildman–Crippen MR) is 92.2 cm³/mol. The van der Waals surface area contributed by atoms with Crippen molar-refractivity contribution in [1.29, 1.82) is 0 Å². The molecule has 0 spiro atoms. The number of benzene rings is 1. The normalized spacial score (nSPS) is 11.1. The van der Waals surface area contributed by atoms with Crippen LogP contribution in [0.2, 0.25) is 0 Å². The summed E-state index contributed by atoms with van der Waals surface area (Å²) in [5.74, 6) is 0.789. The summed E-state index contributed by atoms with van der Waals surface area (Å²) < 4.78 is 0. The molecule has 0 bridgehead atoms. The van der Waals surface area contributed by atoms with E-state index in [-0.39, 0.29) is 5.91 Å². The zero-order valence-corrected chi connectivity index (χ0v) is 13.9. The third-order valence-corrected chi connectivity index (χ3v) is 3.26. The first kappa shape index (κ1) is 18.0. The fourth-order valence-corrected chi connectivity index (χ4v) is 1.90. The van der Waals surface area contributed by atoms with Gasteiger partial charge in [-0.2, -0.15) is 0 Å². The Labute approximate surface area is 133 Å². The molecule has 0 aliphatic heterocycles. The second kappa shape index (κ2) is 10.7. The number of carbonyl (C=O) groups excluding carboxylic acids is 1. The molecule has 5 nitrogen and oxygen atoms in total. The summed E-state index contributed by atoms with van der Waals surface area (Å²) >= 11 is 0. The molecule has 3 N–H and O–H groups in total. The minimum absolute atomic E-state index is 0.00613. The van der Waals surface area contributed by atoms with Crippen molar-refractivity contribution in [3.8, 4) is 0 Å². The Hall–Kier alpha value is -2.04. The molecule has 0 aliphatic carbocycles. The first-order valence-corrected chi connectivity index (χ1v) is 8.02. The van der Waals surface area contributed by atoms with Crippen molar-refractivity contribution in [2.75, 3.05) is 20.1 Å². The molecular formula is C17H28N4O. The van der Waals surface area contributed by atoms with Gasteiger partial charge in [0.2, 0.25) is 0 Å². The molecule has 22 heavy (non-hydrogen) atoms. The molecule has 0 heterocycles. The molecule has 0 fully saturated rings. The van der Waals surface area contributed by atoms with E-state index in [1.54, 1.807) is 7.05 Å². The second-order valence-electron chi connectivity index (χ2n) is 5.16. The molecular weight excluding hydrogens is 276 g/mol. The maximum Gasteiger partial charge on any atom is 0.251 e. The molecule has 0 aromatic heterocycles. The third kappa shape index (κ3) is 6.61. The fourth-order valence-electron chi connectivity index (χ4n) is 1.90. The number of hydrogen-bond donors (Lipinski definition) is 3. The number of nitrogens with zero attached hydrogens (tertiary/aromatic N) is 1. The van der Waals surface area contributed by atoms with E-state index >= 15 is 0 Å². The number of carbonyl (C=O) groups is 1. The zero-order valence-electron chi connectivity index (χ0n) is 13.9. The fraction of sp³-hybridized carbons (Fsp3) is 0.529. The number of nitrogens with one attached hydrogen (secondary N) is 3. The van der Waals surface area contributed by atoms with E-state index in [0.29, 0.717) is 12.1 Å². The van der Waals surface area contributed by atoms with Crippen molar-refractivity contribution in [2.45, 2.75) is 39.7 Å². The van der Waals surface area contributed by atoms with Crippen molar-refractivity contribution in [1.82, 2.24) is 16.0 Å². The maximum atomic E-state index is 11.9. The molecule has 0 saturated carbocycles. The third-order valence-electron chi connectivity index (χ3n) is 3.26. The average Bonchev–Trinajstić information content (AvgIpc) is 2.55. The van der Waals surface area contributed by atoms with E-state index in [9.17, 15) is 4.79 Å². The maximum absolute atomic E-state index is 11.9. The zero-order chi connectivity index (χ0) is 16.2. The van der Waals surface area contributed by atoms with Crippen LogP contribution in [0.4, 0.5) is 0 Å². The van der Waals surface area contributed by atoms with Gasteiger partial charge in [0.1, 0.15) is 0 Å². The summed E-state index contributed by atoms with van der Waals surface area (Å²) in [6.45, 7) is 6.54. The van der Waals surface area contributed by atoms with Crippen LogP contribution in [0, 0.1) is 0 Å². The molecule has 122 valence electrons. The Bertz CT molecular complexity index is 468. The van der Waals surface area contributed by atoms with Gasteiger partial charge in [-0.1, -0.05) is 32.4 Å². The lowest BCUT2D eigenvalue weighted by atomic mass is 10.1. The minimum Gasteiger partial charge on any atom is -0.356 e. The van der Waals surface area contributed by atoms with Crippen LogP contribution in [0.5, 0.6) is 0 Å². The van der Waals surface area contributed by atoms with Gasteiger partial charge >= 0.3 is 0 Å². The Balaban J connectivity index is 2.45. The Morgan fingerprint density at radius 2 is 1.73 bits per heavy atom. The first-order chi connectivity index (χ1) is 10.7. The van der Waals surface area contributed by atoms with Gasteiger partial charge in [-0.15, -0.1) is 0 Å². The van der Waals surface area contributed by atoms with Crippen LogP contribution in [0.25, 0.3) is 0 Å². The quantitative estimate of drug-likeness (QED) is 0.392. The highest BCUT2D eigenvalue weighted by molar-refractivity contribution is 5.94. The summed E-state index contributed by atoms with van der Waals surface area (Å²) in [7, 11) is 1.76. The Kier molecular flexibility index (Phi) is 8.72. The van der Waals surface area contributed by atoms with Crippen LogP contribution < -0.4 is 16.0 Å². The van der Waals surface area contributed by atoms with Gasteiger partial charge in [-0.25, -0.2) is 0 Å². The van der Waals surface area contributed by atoms with Gasteiger partial charge in [-0.05, 0) is 30.5 Å². The monoisotopic (exact) mass is 304 g/mol. The van der Waals surface area contributed by atoms with E-state index in [0.717, 1.165) is 43.9 Å². The molecule has 1 rings (SSSR count). The minimum atomic E-state index is -0.00613. The van der Waals surface area contributed by atoms with Gasteiger partial charge in [0, 0.05) is 32.2 Å². The molecule has 1 amide bonds. The topological polar surface area (TPSA) is 65.5 Å². The van der Waals surface area contributed by atoms with E-state index < -0.39 is 0 Å². The van der Waals surface area contributed by atoms with Crippen molar-refractivity contribution in [3.05, 3.63) is 35.4 Å². The molecule has 0 radical (unpaired) electrons. The van der Waals surface area contributed by atoms with Crippen molar-refractivity contribution in [3.63, 3.8) is 0 Å². The van der Waals surface area contributed by atoms with Crippen LogP contribution in [-0.2, 0) is 6.54 Å². The van der Waals surface area contributed by atoms with Crippen molar-refractivity contribution >= 4 is 11.9 Å². The highest BCUT2D eigenvalue weighted by Gasteiger charge is 2.04. The standard InChI is InChI=1S/C17H28N4O/c1-4-6-12-19-16(22)15-9-7-14(8-10-15)13-21-17(18-3)20-11-5-2/h7-10H,4-6,11-13H2,1-3H3,(H,19,22)(H2,18,20,21). The number of aliphatic imine (C=N–C) groups is 1. The van der Waals surface area contributed by atoms with E-state index in [4.69, 9.17) is 0 Å². The molecule has 1 aromatic rings. The molecule has 0 saturated heterocycles. The highest BCUT2D eigenvalue weighted by atomic mass is 16.1. The smallest absolute Gasteiger partial charge is 0.251 e. The number of rotatable bonds is 8. The summed E-state index contributed by atoms with van der Waals surface area (Å²) in [4.78, 5) is 16.1. The van der Waals surface area contributed by atoms with Crippen LogP contribution in [0.1, 0.15) is 49.0 Å². The first-order valence-electron chi connectivity index (χ1n) is 8.02.